The van der Waals surface area contributed by atoms with E-state index < -0.39 is 10.0 Å². The maximum Gasteiger partial charge on any atom is 0.243 e. The molecule has 8 nitrogen and oxygen atoms in total. The summed E-state index contributed by atoms with van der Waals surface area (Å²) in [5.41, 5.74) is 1.30. The fourth-order valence-electron chi connectivity index (χ4n) is 6.89. The molecule has 3 fully saturated rings. The number of nitrogens with zero attached hydrogens (tertiary/aromatic N) is 4. The van der Waals surface area contributed by atoms with Crippen molar-refractivity contribution in [1.29, 1.82) is 0 Å². The Bertz CT molecular complexity index is 1040. The molecular formula is C29H48N4O4S. The first kappa shape index (κ1) is 29.3. The van der Waals surface area contributed by atoms with Crippen LogP contribution in [0.2, 0.25) is 0 Å². The van der Waals surface area contributed by atoms with E-state index in [1.807, 2.05) is 4.90 Å². The third-order valence-corrected chi connectivity index (χ3v) is 11.5. The zero-order chi connectivity index (χ0) is 27.4. The van der Waals surface area contributed by atoms with E-state index >= 15 is 0 Å². The molecule has 0 N–H and O–H groups in total. The smallest absolute Gasteiger partial charge is 0.243 e. The number of sulfonamides is 1. The molecule has 38 heavy (non-hydrogen) atoms. The van der Waals surface area contributed by atoms with Gasteiger partial charge < -0.3 is 14.5 Å². The maximum absolute atomic E-state index is 13.3. The third-order valence-electron chi connectivity index (χ3n) is 9.33. The SMILES string of the molecule is CCN1CCC(C2CCN(C3CCN(C(=O)CCN(C)S(=O)(=O)c4c(C)cc(OC)cc4C)C3)CC2)CC1. The minimum absolute atomic E-state index is 0.0512. The van der Waals surface area contributed by atoms with E-state index in [9.17, 15) is 13.2 Å². The van der Waals surface area contributed by atoms with Gasteiger partial charge in [0.25, 0.3) is 0 Å². The van der Waals surface area contributed by atoms with Crippen molar-refractivity contribution in [1.82, 2.24) is 19.0 Å². The number of carbonyl (C=O) groups is 1. The molecule has 0 spiro atoms. The van der Waals surface area contributed by atoms with Crippen LogP contribution in [0, 0.1) is 25.7 Å². The number of amides is 1. The highest BCUT2D eigenvalue weighted by molar-refractivity contribution is 7.89. The van der Waals surface area contributed by atoms with Crippen LogP contribution in [0.25, 0.3) is 0 Å². The van der Waals surface area contributed by atoms with Crippen LogP contribution in [0.4, 0.5) is 0 Å². The molecule has 4 rings (SSSR count). The third kappa shape index (κ3) is 6.54. The van der Waals surface area contributed by atoms with Crippen LogP contribution in [-0.4, -0.2) is 106 Å². The van der Waals surface area contributed by atoms with Gasteiger partial charge in [0.2, 0.25) is 15.9 Å². The van der Waals surface area contributed by atoms with E-state index in [2.05, 4.69) is 16.7 Å². The van der Waals surface area contributed by atoms with Gasteiger partial charge in [-0.25, -0.2) is 12.7 Å². The van der Waals surface area contributed by atoms with E-state index in [1.54, 1.807) is 40.1 Å². The molecule has 0 aliphatic carbocycles. The lowest BCUT2D eigenvalue weighted by atomic mass is 9.78. The molecule has 3 aliphatic rings. The highest BCUT2D eigenvalue weighted by Crippen LogP contribution is 2.34. The number of ether oxygens (including phenoxy) is 1. The average molecular weight is 549 g/mol. The molecule has 1 aromatic carbocycles. The summed E-state index contributed by atoms with van der Waals surface area (Å²) in [4.78, 5) is 20.5. The molecule has 0 radical (unpaired) electrons. The van der Waals surface area contributed by atoms with Gasteiger partial charge >= 0.3 is 0 Å². The molecule has 1 amide bonds. The largest absolute Gasteiger partial charge is 0.497 e. The van der Waals surface area contributed by atoms with Crippen LogP contribution in [0.5, 0.6) is 5.75 Å². The van der Waals surface area contributed by atoms with Crippen molar-refractivity contribution in [2.45, 2.75) is 70.2 Å². The molecule has 3 heterocycles. The Balaban J connectivity index is 1.23. The lowest BCUT2D eigenvalue weighted by molar-refractivity contribution is -0.130. The van der Waals surface area contributed by atoms with Crippen molar-refractivity contribution in [3.63, 3.8) is 0 Å². The number of aryl methyl sites for hydroxylation is 2. The number of piperidine rings is 2. The topological polar surface area (TPSA) is 73.4 Å². The molecule has 1 atom stereocenters. The molecule has 1 aromatic rings. The van der Waals surface area contributed by atoms with E-state index in [4.69, 9.17) is 4.74 Å². The van der Waals surface area contributed by atoms with Crippen molar-refractivity contribution in [2.24, 2.45) is 11.8 Å². The normalized spacial score (nSPS) is 22.9. The number of methoxy groups -OCH3 is 1. The molecule has 1 unspecified atom stereocenters. The standard InChI is InChI=1S/C29H48N4O4S/c1-6-31-14-7-24(8-15-31)25-9-16-32(17-10-25)26-11-18-33(21-26)28(34)12-13-30(4)38(35,36)29-22(2)19-27(37-5)20-23(29)3/h19-20,24-26H,6-18,21H2,1-5H3. The molecule has 3 saturated heterocycles. The number of carbonyl (C=O) groups excluding carboxylic acids is 1. The molecule has 9 heteroatoms. The van der Waals surface area contributed by atoms with Crippen molar-refractivity contribution < 1.29 is 17.9 Å². The number of rotatable bonds is 9. The highest BCUT2D eigenvalue weighted by atomic mass is 32.2. The van der Waals surface area contributed by atoms with E-state index in [0.717, 1.165) is 44.4 Å². The van der Waals surface area contributed by atoms with Gasteiger partial charge in [0, 0.05) is 39.1 Å². The van der Waals surface area contributed by atoms with Gasteiger partial charge in [-0.15, -0.1) is 0 Å². The number of benzene rings is 1. The summed E-state index contributed by atoms with van der Waals surface area (Å²) >= 11 is 0. The summed E-state index contributed by atoms with van der Waals surface area (Å²) in [5.74, 6) is 2.44. The Labute approximate surface area is 230 Å². The number of likely N-dealkylation sites (tertiary alicyclic amines) is 3. The zero-order valence-electron chi connectivity index (χ0n) is 24.1. The molecule has 3 aliphatic heterocycles. The van der Waals surface area contributed by atoms with Gasteiger partial charge in [-0.2, -0.15) is 0 Å². The van der Waals surface area contributed by atoms with Crippen molar-refractivity contribution >= 4 is 15.9 Å². The van der Waals surface area contributed by atoms with E-state index in [-0.39, 0.29) is 18.9 Å². The van der Waals surface area contributed by atoms with Crippen molar-refractivity contribution in [3.05, 3.63) is 23.3 Å². The van der Waals surface area contributed by atoms with Gasteiger partial charge in [0.15, 0.2) is 0 Å². The number of hydrogen-bond acceptors (Lipinski definition) is 6. The van der Waals surface area contributed by atoms with Gasteiger partial charge in [-0.1, -0.05) is 6.92 Å². The first-order chi connectivity index (χ1) is 18.1. The zero-order valence-corrected chi connectivity index (χ0v) is 24.9. The second-order valence-corrected chi connectivity index (χ2v) is 13.6. The first-order valence-corrected chi connectivity index (χ1v) is 15.9. The minimum Gasteiger partial charge on any atom is -0.497 e. The summed E-state index contributed by atoms with van der Waals surface area (Å²) in [7, 11) is -0.560. The van der Waals surface area contributed by atoms with Gasteiger partial charge in [0.05, 0.1) is 12.0 Å². The Morgan fingerprint density at radius 1 is 0.974 bits per heavy atom. The highest BCUT2D eigenvalue weighted by Gasteiger charge is 2.35. The van der Waals surface area contributed by atoms with Gasteiger partial charge in [0.1, 0.15) is 5.75 Å². The Kier molecular flexibility index (Phi) is 9.77. The molecule has 214 valence electrons. The van der Waals surface area contributed by atoms with Crippen LogP contribution in [0.15, 0.2) is 17.0 Å². The van der Waals surface area contributed by atoms with E-state index in [1.165, 1.54) is 49.6 Å². The van der Waals surface area contributed by atoms with Gasteiger partial charge in [-0.05, 0) is 114 Å². The van der Waals surface area contributed by atoms with Crippen molar-refractivity contribution in [3.8, 4) is 5.75 Å². The molecule has 0 saturated carbocycles. The minimum atomic E-state index is -3.70. The fraction of sp³-hybridized carbons (Fsp3) is 0.759. The maximum atomic E-state index is 13.3. The Morgan fingerprint density at radius 2 is 1.55 bits per heavy atom. The van der Waals surface area contributed by atoms with E-state index in [0.29, 0.717) is 27.8 Å². The summed E-state index contributed by atoms with van der Waals surface area (Å²) in [6, 6.07) is 3.91. The van der Waals surface area contributed by atoms with Crippen LogP contribution >= 0.6 is 0 Å². The summed E-state index contributed by atoms with van der Waals surface area (Å²) in [6.07, 6.45) is 6.50. The van der Waals surface area contributed by atoms with Crippen molar-refractivity contribution in [2.75, 3.05) is 66.5 Å². The first-order valence-electron chi connectivity index (χ1n) is 14.5. The number of hydrogen-bond donors (Lipinski definition) is 0. The Morgan fingerprint density at radius 3 is 2.11 bits per heavy atom. The van der Waals surface area contributed by atoms with Crippen LogP contribution in [-0.2, 0) is 14.8 Å². The monoisotopic (exact) mass is 548 g/mol. The molecule has 0 bridgehead atoms. The van der Waals surface area contributed by atoms with Crippen LogP contribution in [0.3, 0.4) is 0 Å². The van der Waals surface area contributed by atoms with Crippen LogP contribution < -0.4 is 4.74 Å². The predicted molar refractivity (Wildman–Crippen MR) is 151 cm³/mol. The fourth-order valence-corrected chi connectivity index (χ4v) is 8.46. The second kappa shape index (κ2) is 12.7. The second-order valence-electron chi connectivity index (χ2n) is 11.6. The summed E-state index contributed by atoms with van der Waals surface area (Å²) < 4.78 is 33.2. The lowest BCUT2D eigenvalue weighted by Gasteiger charge is -2.41. The average Bonchev–Trinajstić information content (AvgIpc) is 3.41. The Hall–Kier alpha value is -1.68. The van der Waals surface area contributed by atoms with Crippen LogP contribution in [0.1, 0.15) is 56.6 Å². The quantitative estimate of drug-likeness (QED) is 0.471. The molecular weight excluding hydrogens is 500 g/mol. The summed E-state index contributed by atoms with van der Waals surface area (Å²) in [6.45, 7) is 13.5. The van der Waals surface area contributed by atoms with Gasteiger partial charge in [-0.3, -0.25) is 9.69 Å². The summed E-state index contributed by atoms with van der Waals surface area (Å²) in [5, 5.41) is 0. The predicted octanol–water partition coefficient (Wildman–Crippen LogP) is 3.37. The lowest BCUT2D eigenvalue weighted by Crippen LogP contribution is -2.45. The molecule has 0 aromatic heterocycles.